The topological polar surface area (TPSA) is 35.6 Å². The van der Waals surface area contributed by atoms with E-state index < -0.39 is 5.82 Å². The molecular weight excluding hydrogens is 374 g/mol. The molecule has 0 atom stereocenters. The Balaban J connectivity index is 0.000000152. The molecule has 136 valence electrons. The molecule has 4 rings (SSSR count). The molecule has 2 heterocycles. The monoisotopic (exact) mass is 392 g/mol. The van der Waals surface area contributed by atoms with E-state index in [0.717, 1.165) is 39.1 Å². The third-order valence-corrected chi connectivity index (χ3v) is 4.95. The predicted octanol–water partition coefficient (Wildman–Crippen LogP) is 5.46. The summed E-state index contributed by atoms with van der Waals surface area (Å²) in [5.74, 6) is -0.417. The van der Waals surface area contributed by atoms with Crippen LogP contribution in [0.15, 0.2) is 30.3 Å². The van der Waals surface area contributed by atoms with Crippen molar-refractivity contribution in [1.82, 2.24) is 19.6 Å². The number of nitrogens with zero attached hydrogens (tertiary/aromatic N) is 4. The second kappa shape index (κ2) is 7.25. The summed E-state index contributed by atoms with van der Waals surface area (Å²) in [5.41, 5.74) is 3.88. The lowest BCUT2D eigenvalue weighted by Crippen LogP contribution is -1.95. The molecule has 0 aliphatic rings. The molecule has 0 aliphatic heterocycles. The van der Waals surface area contributed by atoms with Crippen LogP contribution in [0.1, 0.15) is 18.3 Å². The Kier molecular flexibility index (Phi) is 5.21. The summed E-state index contributed by atoms with van der Waals surface area (Å²) >= 11 is 11.6. The van der Waals surface area contributed by atoms with E-state index in [4.69, 9.17) is 23.2 Å². The van der Waals surface area contributed by atoms with Crippen LogP contribution in [0, 0.1) is 12.7 Å². The van der Waals surface area contributed by atoms with Gasteiger partial charge in [0.25, 0.3) is 0 Å². The fraction of sp³-hybridized carbons (Fsp3) is 0.263. The minimum absolute atomic E-state index is 0.153. The fourth-order valence-corrected chi connectivity index (χ4v) is 3.30. The van der Waals surface area contributed by atoms with Gasteiger partial charge in [-0.25, -0.2) is 4.39 Å². The van der Waals surface area contributed by atoms with Gasteiger partial charge in [-0.05, 0) is 37.6 Å². The van der Waals surface area contributed by atoms with Gasteiger partial charge in [-0.1, -0.05) is 30.1 Å². The number of rotatable bonds is 1. The zero-order valence-corrected chi connectivity index (χ0v) is 16.5. The second-order valence-electron chi connectivity index (χ2n) is 6.08. The van der Waals surface area contributed by atoms with Crippen LogP contribution in [-0.2, 0) is 20.5 Å². The van der Waals surface area contributed by atoms with E-state index in [1.807, 2.05) is 50.8 Å². The van der Waals surface area contributed by atoms with Crippen molar-refractivity contribution in [3.05, 3.63) is 57.6 Å². The van der Waals surface area contributed by atoms with E-state index in [9.17, 15) is 4.39 Å². The Hall–Kier alpha value is -2.11. The summed E-state index contributed by atoms with van der Waals surface area (Å²) < 4.78 is 16.7. The molecule has 7 heteroatoms. The highest BCUT2D eigenvalue weighted by Crippen LogP contribution is 2.25. The fourth-order valence-electron chi connectivity index (χ4n) is 2.96. The molecule has 4 nitrogen and oxygen atoms in total. The molecule has 0 unspecified atom stereocenters. The Morgan fingerprint density at radius 3 is 2.35 bits per heavy atom. The van der Waals surface area contributed by atoms with Crippen molar-refractivity contribution in [2.75, 3.05) is 0 Å². The molecule has 0 radical (unpaired) electrons. The maximum Gasteiger partial charge on any atom is 0.144 e. The third-order valence-electron chi connectivity index (χ3n) is 4.42. The van der Waals surface area contributed by atoms with Crippen molar-refractivity contribution in [1.29, 1.82) is 0 Å². The average Bonchev–Trinajstić information content (AvgIpc) is 3.05. The van der Waals surface area contributed by atoms with Crippen molar-refractivity contribution in [3.8, 4) is 0 Å². The Morgan fingerprint density at radius 1 is 0.962 bits per heavy atom. The summed E-state index contributed by atoms with van der Waals surface area (Å²) in [6.45, 7) is 4.07. The Labute approximate surface area is 161 Å². The number of fused-ring (bicyclic) bond motifs is 2. The van der Waals surface area contributed by atoms with Crippen LogP contribution in [0.4, 0.5) is 4.39 Å². The number of aromatic nitrogens is 4. The normalized spacial score (nSPS) is 11.0. The van der Waals surface area contributed by atoms with Gasteiger partial charge in [-0.15, -0.1) is 0 Å². The minimum Gasteiger partial charge on any atom is -0.272 e. The van der Waals surface area contributed by atoms with Gasteiger partial charge in [0.15, 0.2) is 0 Å². The lowest BCUT2D eigenvalue weighted by molar-refractivity contribution is 0.629. The molecule has 0 spiro atoms. The van der Waals surface area contributed by atoms with E-state index in [1.54, 1.807) is 10.7 Å². The van der Waals surface area contributed by atoms with Gasteiger partial charge >= 0.3 is 0 Å². The first-order chi connectivity index (χ1) is 12.3. The smallest absolute Gasteiger partial charge is 0.144 e. The molecule has 26 heavy (non-hydrogen) atoms. The van der Waals surface area contributed by atoms with Crippen LogP contribution in [0.2, 0.25) is 10.0 Å². The van der Waals surface area contributed by atoms with Crippen molar-refractivity contribution >= 4 is 45.0 Å². The standard InChI is InChI=1S/C10H10ClFN2.C9H9ClN2/c1-3-10-6-4-7(11)8(12)5-9(6)13-14(10)2;1-6-8-5-7(10)3-4-9(8)11-12(6)2/h4-5H,3H2,1-2H3;3-5H,1-2H3. The first-order valence-corrected chi connectivity index (χ1v) is 8.97. The number of halogens is 3. The third kappa shape index (κ3) is 3.41. The second-order valence-corrected chi connectivity index (χ2v) is 6.92. The van der Waals surface area contributed by atoms with E-state index in [1.165, 1.54) is 6.07 Å². The van der Waals surface area contributed by atoms with Gasteiger partial charge in [0.1, 0.15) is 5.82 Å². The van der Waals surface area contributed by atoms with Crippen molar-refractivity contribution < 1.29 is 4.39 Å². The molecule has 0 saturated carbocycles. The molecule has 0 bridgehead atoms. The molecule has 0 amide bonds. The highest BCUT2D eigenvalue weighted by molar-refractivity contribution is 6.31. The van der Waals surface area contributed by atoms with Crippen LogP contribution in [0.3, 0.4) is 0 Å². The summed E-state index contributed by atoms with van der Waals surface area (Å²) in [6, 6.07) is 8.75. The van der Waals surface area contributed by atoms with Crippen LogP contribution >= 0.6 is 23.2 Å². The van der Waals surface area contributed by atoms with E-state index >= 15 is 0 Å². The lowest BCUT2D eigenvalue weighted by atomic mass is 10.2. The number of aryl methyl sites for hydroxylation is 4. The minimum atomic E-state index is -0.417. The summed E-state index contributed by atoms with van der Waals surface area (Å²) in [7, 11) is 3.79. The van der Waals surface area contributed by atoms with Crippen molar-refractivity contribution in [3.63, 3.8) is 0 Å². The van der Waals surface area contributed by atoms with Gasteiger partial charge in [0, 0.05) is 47.3 Å². The quantitative estimate of drug-likeness (QED) is 0.430. The van der Waals surface area contributed by atoms with Crippen molar-refractivity contribution in [2.24, 2.45) is 14.1 Å². The van der Waals surface area contributed by atoms with E-state index in [2.05, 4.69) is 10.2 Å². The molecule has 0 N–H and O–H groups in total. The Bertz CT molecular complexity index is 1100. The zero-order chi connectivity index (χ0) is 19.0. The number of hydrogen-bond donors (Lipinski definition) is 0. The van der Waals surface area contributed by atoms with E-state index in [-0.39, 0.29) is 5.02 Å². The van der Waals surface area contributed by atoms with Gasteiger partial charge < -0.3 is 0 Å². The largest absolute Gasteiger partial charge is 0.272 e. The first kappa shape index (κ1) is 18.7. The van der Waals surface area contributed by atoms with Gasteiger partial charge in [0.05, 0.1) is 16.1 Å². The van der Waals surface area contributed by atoms with Crippen LogP contribution < -0.4 is 0 Å². The maximum atomic E-state index is 13.1. The van der Waals surface area contributed by atoms with E-state index in [0.29, 0.717) is 5.52 Å². The summed E-state index contributed by atoms with van der Waals surface area (Å²) in [6.07, 6.45) is 0.856. The molecule has 0 saturated heterocycles. The Morgan fingerprint density at radius 2 is 1.65 bits per heavy atom. The van der Waals surface area contributed by atoms with Crippen LogP contribution in [-0.4, -0.2) is 19.6 Å². The average molecular weight is 393 g/mol. The summed E-state index contributed by atoms with van der Waals surface area (Å²) in [5, 5.41) is 11.5. The predicted molar refractivity (Wildman–Crippen MR) is 106 cm³/mol. The lowest BCUT2D eigenvalue weighted by Gasteiger charge is -1.97. The molecule has 4 aromatic rings. The van der Waals surface area contributed by atoms with Crippen LogP contribution in [0.5, 0.6) is 0 Å². The first-order valence-electron chi connectivity index (χ1n) is 8.21. The SMILES string of the molecule is CCc1c2cc(Cl)c(F)cc2nn1C.Cc1c2cc(Cl)ccc2nn1C. The molecule has 0 aliphatic carbocycles. The maximum absolute atomic E-state index is 13.1. The number of benzene rings is 2. The highest BCUT2D eigenvalue weighted by Gasteiger charge is 2.10. The molecule has 0 fully saturated rings. The number of hydrogen-bond acceptors (Lipinski definition) is 2. The molecule has 2 aromatic carbocycles. The van der Waals surface area contributed by atoms with Gasteiger partial charge in [-0.3, -0.25) is 9.36 Å². The van der Waals surface area contributed by atoms with Crippen LogP contribution in [0.25, 0.3) is 21.8 Å². The summed E-state index contributed by atoms with van der Waals surface area (Å²) in [4.78, 5) is 0. The molecule has 2 aromatic heterocycles. The van der Waals surface area contributed by atoms with Gasteiger partial charge in [0.2, 0.25) is 0 Å². The van der Waals surface area contributed by atoms with Gasteiger partial charge in [-0.2, -0.15) is 10.2 Å². The highest BCUT2D eigenvalue weighted by atomic mass is 35.5. The molecular formula is C19H19Cl2FN4. The van der Waals surface area contributed by atoms with Crippen molar-refractivity contribution in [2.45, 2.75) is 20.3 Å². The zero-order valence-electron chi connectivity index (χ0n) is 15.0.